The van der Waals surface area contributed by atoms with E-state index in [-0.39, 0.29) is 5.56 Å². The molecule has 0 saturated heterocycles. The Morgan fingerprint density at radius 2 is 2.04 bits per heavy atom. The summed E-state index contributed by atoms with van der Waals surface area (Å²) in [5, 5.41) is 3.47. The summed E-state index contributed by atoms with van der Waals surface area (Å²) in [5.41, 5.74) is 6.67. The zero-order chi connectivity index (χ0) is 16.9. The van der Waals surface area contributed by atoms with Crippen LogP contribution in [0.5, 0.6) is 0 Å². The number of pyridine rings is 1. The number of primary amides is 1. The number of nitrogens with two attached hydrogens (primary N) is 1. The summed E-state index contributed by atoms with van der Waals surface area (Å²) in [5.74, 6) is 0.779. The van der Waals surface area contributed by atoms with Gasteiger partial charge in [-0.25, -0.2) is 9.97 Å². The highest BCUT2D eigenvalue weighted by Gasteiger charge is 2.09. The van der Waals surface area contributed by atoms with Crippen molar-refractivity contribution in [3.8, 4) is 0 Å². The Balaban J connectivity index is 1.70. The van der Waals surface area contributed by atoms with E-state index in [2.05, 4.69) is 27.4 Å². The summed E-state index contributed by atoms with van der Waals surface area (Å²) in [4.78, 5) is 19.6. The molecule has 0 aliphatic heterocycles. The fraction of sp³-hybridized carbons (Fsp3) is 0.118. The first-order valence-corrected chi connectivity index (χ1v) is 7.74. The Hall–Kier alpha value is -2.86. The minimum atomic E-state index is -0.561. The van der Waals surface area contributed by atoms with Crippen molar-refractivity contribution in [2.75, 3.05) is 5.32 Å². The predicted octanol–water partition coefficient (Wildman–Crippen LogP) is 2.69. The first-order valence-electron chi connectivity index (χ1n) is 7.36. The van der Waals surface area contributed by atoms with E-state index in [1.165, 1.54) is 17.8 Å². The van der Waals surface area contributed by atoms with Crippen molar-refractivity contribution < 1.29 is 4.79 Å². The molecule has 2 aromatic heterocycles. The van der Waals surface area contributed by atoms with Crippen molar-refractivity contribution >= 4 is 23.3 Å². The van der Waals surface area contributed by atoms with Crippen LogP contribution in [0.1, 0.15) is 21.7 Å². The number of amides is 1. The van der Waals surface area contributed by atoms with Gasteiger partial charge in [-0.1, -0.05) is 41.9 Å². The maximum atomic E-state index is 11.1. The molecular weight excluding hydrogens is 326 g/mol. The highest BCUT2D eigenvalue weighted by molar-refractivity contribution is 6.33. The molecule has 2 heterocycles. The zero-order valence-electron chi connectivity index (χ0n) is 12.8. The zero-order valence-corrected chi connectivity index (χ0v) is 13.6. The second kappa shape index (κ2) is 7.14. The number of nitrogens with one attached hydrogen (secondary N) is 1. The van der Waals surface area contributed by atoms with Crippen LogP contribution < -0.4 is 11.1 Å². The highest BCUT2D eigenvalue weighted by Crippen LogP contribution is 2.20. The van der Waals surface area contributed by atoms with Crippen LogP contribution >= 0.6 is 11.6 Å². The average Bonchev–Trinajstić information content (AvgIpc) is 3.01. The van der Waals surface area contributed by atoms with Gasteiger partial charge in [0.1, 0.15) is 11.6 Å². The van der Waals surface area contributed by atoms with E-state index in [9.17, 15) is 4.79 Å². The van der Waals surface area contributed by atoms with E-state index in [1.54, 1.807) is 6.20 Å². The average molecular weight is 342 g/mol. The fourth-order valence-corrected chi connectivity index (χ4v) is 2.53. The molecule has 0 fully saturated rings. The second-order valence-corrected chi connectivity index (χ2v) is 5.64. The molecule has 0 radical (unpaired) electrons. The maximum absolute atomic E-state index is 11.1. The number of carbonyl (C=O) groups excluding carboxylic acids is 1. The lowest BCUT2D eigenvalue weighted by Gasteiger charge is -2.10. The molecule has 7 heteroatoms. The van der Waals surface area contributed by atoms with E-state index in [4.69, 9.17) is 17.3 Å². The van der Waals surface area contributed by atoms with Gasteiger partial charge in [-0.05, 0) is 11.6 Å². The summed E-state index contributed by atoms with van der Waals surface area (Å²) < 4.78 is 2.05. The SMILES string of the molecule is NC(=O)c1cnc(NCc2nccn2Cc2ccccc2)c(Cl)c1. The smallest absolute Gasteiger partial charge is 0.250 e. The Morgan fingerprint density at radius 3 is 2.75 bits per heavy atom. The minimum Gasteiger partial charge on any atom is -0.366 e. The van der Waals surface area contributed by atoms with Crippen LogP contribution in [0.4, 0.5) is 5.82 Å². The van der Waals surface area contributed by atoms with Gasteiger partial charge in [0.2, 0.25) is 5.91 Å². The Morgan fingerprint density at radius 1 is 1.25 bits per heavy atom. The third-order valence-electron chi connectivity index (χ3n) is 3.54. The van der Waals surface area contributed by atoms with Crippen LogP contribution in [0, 0.1) is 0 Å². The van der Waals surface area contributed by atoms with Crippen LogP contribution in [0.2, 0.25) is 5.02 Å². The van der Waals surface area contributed by atoms with Gasteiger partial charge in [0.15, 0.2) is 0 Å². The number of hydrogen-bond acceptors (Lipinski definition) is 4. The van der Waals surface area contributed by atoms with E-state index in [0.717, 1.165) is 12.4 Å². The van der Waals surface area contributed by atoms with Crippen LogP contribution in [-0.4, -0.2) is 20.4 Å². The van der Waals surface area contributed by atoms with Gasteiger partial charge >= 0.3 is 0 Å². The largest absolute Gasteiger partial charge is 0.366 e. The van der Waals surface area contributed by atoms with Gasteiger partial charge in [-0.2, -0.15) is 0 Å². The lowest BCUT2D eigenvalue weighted by atomic mass is 10.2. The summed E-state index contributed by atoms with van der Waals surface area (Å²) in [7, 11) is 0. The molecule has 0 atom stereocenters. The third-order valence-corrected chi connectivity index (χ3v) is 3.83. The number of anilines is 1. The summed E-state index contributed by atoms with van der Waals surface area (Å²) in [6.45, 7) is 1.20. The maximum Gasteiger partial charge on any atom is 0.250 e. The van der Waals surface area contributed by atoms with Gasteiger partial charge in [0, 0.05) is 25.1 Å². The van der Waals surface area contributed by atoms with E-state index >= 15 is 0 Å². The van der Waals surface area contributed by atoms with Crippen molar-refractivity contribution in [3.63, 3.8) is 0 Å². The van der Waals surface area contributed by atoms with Crippen molar-refractivity contribution in [1.82, 2.24) is 14.5 Å². The van der Waals surface area contributed by atoms with Gasteiger partial charge < -0.3 is 15.6 Å². The first kappa shape index (κ1) is 16.0. The molecule has 122 valence electrons. The molecule has 0 spiro atoms. The number of rotatable bonds is 6. The van der Waals surface area contributed by atoms with Crippen LogP contribution in [0.3, 0.4) is 0 Å². The molecule has 3 N–H and O–H groups in total. The van der Waals surface area contributed by atoms with Crippen LogP contribution in [0.25, 0.3) is 0 Å². The van der Waals surface area contributed by atoms with Gasteiger partial charge in [0.25, 0.3) is 0 Å². The molecule has 0 bridgehead atoms. The van der Waals surface area contributed by atoms with Crippen LogP contribution in [0.15, 0.2) is 55.0 Å². The van der Waals surface area contributed by atoms with Crippen LogP contribution in [-0.2, 0) is 13.1 Å². The Labute approximate surface area is 144 Å². The summed E-state index contributed by atoms with van der Waals surface area (Å²) >= 11 is 6.12. The van der Waals surface area contributed by atoms with Gasteiger partial charge in [0.05, 0.1) is 17.1 Å². The molecule has 1 amide bonds. The molecule has 24 heavy (non-hydrogen) atoms. The number of carbonyl (C=O) groups is 1. The fourth-order valence-electron chi connectivity index (χ4n) is 2.30. The monoisotopic (exact) mass is 341 g/mol. The molecule has 3 aromatic rings. The second-order valence-electron chi connectivity index (χ2n) is 5.23. The summed E-state index contributed by atoms with van der Waals surface area (Å²) in [6, 6.07) is 11.6. The molecule has 0 aliphatic carbocycles. The van der Waals surface area contributed by atoms with E-state index in [1.807, 2.05) is 29.0 Å². The van der Waals surface area contributed by atoms with E-state index in [0.29, 0.717) is 17.4 Å². The van der Waals surface area contributed by atoms with Crippen molar-refractivity contribution in [2.24, 2.45) is 5.73 Å². The number of halogens is 1. The minimum absolute atomic E-state index is 0.274. The molecule has 0 aliphatic rings. The topological polar surface area (TPSA) is 85.8 Å². The molecule has 1 aromatic carbocycles. The predicted molar refractivity (Wildman–Crippen MR) is 92.9 cm³/mol. The number of aromatic nitrogens is 3. The standard InChI is InChI=1S/C17H16ClN5O/c18-14-8-13(16(19)24)9-21-17(14)22-10-15-20-6-7-23(15)11-12-4-2-1-3-5-12/h1-9H,10-11H2,(H2,19,24)(H,21,22). The number of nitrogens with zero attached hydrogens (tertiary/aromatic N) is 3. The Kier molecular flexibility index (Phi) is 4.77. The quantitative estimate of drug-likeness (QED) is 0.721. The number of benzene rings is 1. The lowest BCUT2D eigenvalue weighted by Crippen LogP contribution is -2.13. The highest BCUT2D eigenvalue weighted by atomic mass is 35.5. The Bertz CT molecular complexity index is 847. The van der Waals surface area contributed by atoms with E-state index < -0.39 is 5.91 Å². The molecule has 0 saturated carbocycles. The van der Waals surface area contributed by atoms with Crippen molar-refractivity contribution in [2.45, 2.75) is 13.1 Å². The molecule has 3 rings (SSSR count). The van der Waals surface area contributed by atoms with Crippen molar-refractivity contribution in [1.29, 1.82) is 0 Å². The molecular formula is C17H16ClN5O. The molecule has 0 unspecified atom stereocenters. The summed E-state index contributed by atoms with van der Waals surface area (Å²) in [6.07, 6.45) is 5.08. The first-order chi connectivity index (χ1) is 11.6. The number of imidazole rings is 1. The normalized spacial score (nSPS) is 10.5. The third kappa shape index (κ3) is 3.72. The lowest BCUT2D eigenvalue weighted by molar-refractivity contribution is 0.1000. The van der Waals surface area contributed by atoms with Crippen molar-refractivity contribution in [3.05, 3.63) is 77.0 Å². The number of hydrogen-bond donors (Lipinski definition) is 2. The van der Waals surface area contributed by atoms with Gasteiger partial charge in [-0.3, -0.25) is 4.79 Å². The van der Waals surface area contributed by atoms with Gasteiger partial charge in [-0.15, -0.1) is 0 Å². The molecule has 6 nitrogen and oxygen atoms in total.